The number of nitrogens with zero attached hydrogens (tertiary/aromatic N) is 2. The molecule has 4 heteroatoms. The first-order chi connectivity index (χ1) is 8.72. The monoisotopic (exact) mass is 248 g/mol. The van der Waals surface area contributed by atoms with Gasteiger partial charge in [-0.05, 0) is 26.0 Å². The number of hydrogen-bond donors (Lipinski definition) is 0. The maximum absolute atomic E-state index is 11.4. The van der Waals surface area contributed by atoms with Crippen molar-refractivity contribution in [1.82, 2.24) is 9.38 Å². The van der Waals surface area contributed by atoms with Gasteiger partial charge in [0.15, 0.2) is 0 Å². The molecule has 98 valence electrons. The molecule has 0 amide bonds. The highest BCUT2D eigenvalue weighted by molar-refractivity contribution is 5.72. The minimum Gasteiger partial charge on any atom is -0.466 e. The summed E-state index contributed by atoms with van der Waals surface area (Å²) in [5.41, 5.74) is 2.63. The molecule has 0 aromatic carbocycles. The zero-order valence-corrected chi connectivity index (χ0v) is 11.4. The number of fused-ring (bicyclic) bond motifs is 1. The summed E-state index contributed by atoms with van der Waals surface area (Å²) < 4.78 is 6.86. The Morgan fingerprint density at radius 3 is 2.78 bits per heavy atom. The number of carbonyl (C=O) groups is 1. The topological polar surface area (TPSA) is 43.6 Å². The lowest BCUT2D eigenvalue weighted by atomic mass is 10.2. The van der Waals surface area contributed by atoms with Crippen LogP contribution in [0.1, 0.15) is 32.2 Å². The minimum absolute atomic E-state index is 0.212. The second kappa shape index (κ2) is 6.79. The Hall–Kier alpha value is -1.84. The van der Waals surface area contributed by atoms with Crippen molar-refractivity contribution in [3.8, 4) is 0 Å². The van der Waals surface area contributed by atoms with Gasteiger partial charge in [-0.2, -0.15) is 0 Å². The Labute approximate surface area is 108 Å². The van der Waals surface area contributed by atoms with Crippen LogP contribution in [0.5, 0.6) is 0 Å². The van der Waals surface area contributed by atoms with Crippen LogP contribution in [0.2, 0.25) is 0 Å². The summed E-state index contributed by atoms with van der Waals surface area (Å²) in [5, 5.41) is 0. The van der Waals surface area contributed by atoms with E-state index < -0.39 is 0 Å². The van der Waals surface area contributed by atoms with Crippen LogP contribution in [0.15, 0.2) is 24.4 Å². The van der Waals surface area contributed by atoms with Gasteiger partial charge in [0.2, 0.25) is 0 Å². The second-order valence-electron chi connectivity index (χ2n) is 3.55. The molecule has 0 radical (unpaired) electrons. The van der Waals surface area contributed by atoms with Crippen molar-refractivity contribution in [3.05, 3.63) is 35.8 Å². The molecular weight excluding hydrogens is 228 g/mol. The lowest BCUT2D eigenvalue weighted by molar-refractivity contribution is -0.142. The maximum atomic E-state index is 11.4. The zero-order chi connectivity index (χ0) is 13.5. The van der Waals surface area contributed by atoms with E-state index in [2.05, 4.69) is 4.98 Å². The van der Waals surface area contributed by atoms with Crippen LogP contribution in [-0.4, -0.2) is 22.0 Å². The van der Waals surface area contributed by atoms with E-state index in [4.69, 9.17) is 4.74 Å². The normalized spacial score (nSPS) is 9.78. The number of rotatable bonds is 3. The summed E-state index contributed by atoms with van der Waals surface area (Å²) in [6.45, 7) is 8.12. The summed E-state index contributed by atoms with van der Waals surface area (Å²) in [7, 11) is 0. The van der Waals surface area contributed by atoms with Crippen LogP contribution >= 0.6 is 0 Å². The molecule has 0 fully saturated rings. The molecule has 2 aromatic rings. The SMILES string of the molecule is CC.CCOC(=O)Cc1c(C)nc2ccccn12. The number of carbonyl (C=O) groups excluding carboxylic acids is 1. The van der Waals surface area contributed by atoms with E-state index in [1.165, 1.54) is 0 Å². The van der Waals surface area contributed by atoms with E-state index >= 15 is 0 Å². The van der Waals surface area contributed by atoms with Gasteiger partial charge in [0.1, 0.15) is 5.65 Å². The van der Waals surface area contributed by atoms with Crippen molar-refractivity contribution >= 4 is 11.6 Å². The Balaban J connectivity index is 0.000000771. The predicted molar refractivity (Wildman–Crippen MR) is 71.6 cm³/mol. The van der Waals surface area contributed by atoms with Crippen LogP contribution in [0, 0.1) is 6.92 Å². The van der Waals surface area contributed by atoms with Gasteiger partial charge in [0, 0.05) is 6.20 Å². The van der Waals surface area contributed by atoms with Crippen LogP contribution in [0.4, 0.5) is 0 Å². The standard InChI is InChI=1S/C12H14N2O2.C2H6/c1-3-16-12(15)8-10-9(2)13-11-6-4-5-7-14(10)11;1-2/h4-7H,3,8H2,1-2H3;1-2H3. The van der Waals surface area contributed by atoms with Crippen LogP contribution in [-0.2, 0) is 16.0 Å². The van der Waals surface area contributed by atoms with Crippen molar-refractivity contribution in [3.63, 3.8) is 0 Å². The van der Waals surface area contributed by atoms with Crippen molar-refractivity contribution in [2.45, 2.75) is 34.1 Å². The van der Waals surface area contributed by atoms with Gasteiger partial charge >= 0.3 is 5.97 Å². The smallest absolute Gasteiger partial charge is 0.311 e. The molecule has 4 nitrogen and oxygen atoms in total. The van der Waals surface area contributed by atoms with Gasteiger partial charge in [0.25, 0.3) is 0 Å². The number of hydrogen-bond acceptors (Lipinski definition) is 3. The van der Waals surface area contributed by atoms with E-state index in [1.807, 2.05) is 49.6 Å². The molecule has 2 heterocycles. The fourth-order valence-corrected chi connectivity index (χ4v) is 1.73. The molecule has 2 aromatic heterocycles. The highest BCUT2D eigenvalue weighted by Crippen LogP contribution is 2.12. The fourth-order valence-electron chi connectivity index (χ4n) is 1.73. The fraction of sp³-hybridized carbons (Fsp3) is 0.429. The molecule has 0 aliphatic heterocycles. The highest BCUT2D eigenvalue weighted by atomic mass is 16.5. The van der Waals surface area contributed by atoms with Gasteiger partial charge in [-0.3, -0.25) is 4.79 Å². The summed E-state index contributed by atoms with van der Waals surface area (Å²) in [5.74, 6) is -0.212. The molecule has 0 saturated heterocycles. The molecule has 0 atom stereocenters. The summed E-state index contributed by atoms with van der Waals surface area (Å²) in [6.07, 6.45) is 2.18. The quantitative estimate of drug-likeness (QED) is 0.784. The molecule has 18 heavy (non-hydrogen) atoms. The number of aromatic nitrogens is 2. The van der Waals surface area contributed by atoms with Gasteiger partial charge < -0.3 is 9.14 Å². The first-order valence-corrected chi connectivity index (χ1v) is 6.30. The van der Waals surface area contributed by atoms with E-state index in [1.54, 1.807) is 6.92 Å². The Morgan fingerprint density at radius 1 is 1.39 bits per heavy atom. The van der Waals surface area contributed by atoms with Gasteiger partial charge in [-0.1, -0.05) is 19.9 Å². The third-order valence-electron chi connectivity index (χ3n) is 2.45. The first-order valence-electron chi connectivity index (χ1n) is 6.30. The molecule has 0 N–H and O–H groups in total. The number of imidazole rings is 1. The number of esters is 1. The number of pyridine rings is 1. The van der Waals surface area contributed by atoms with Crippen LogP contribution < -0.4 is 0 Å². The molecular formula is C14H20N2O2. The predicted octanol–water partition coefficient (Wildman–Crippen LogP) is 2.77. The van der Waals surface area contributed by atoms with Crippen LogP contribution in [0.3, 0.4) is 0 Å². The molecule has 0 aliphatic rings. The average molecular weight is 248 g/mol. The first kappa shape index (κ1) is 14.2. The van der Waals surface area contributed by atoms with E-state index in [9.17, 15) is 4.79 Å². The molecule has 0 unspecified atom stereocenters. The Morgan fingerprint density at radius 2 is 2.11 bits per heavy atom. The third kappa shape index (κ3) is 3.09. The zero-order valence-electron chi connectivity index (χ0n) is 11.4. The lowest BCUT2D eigenvalue weighted by Gasteiger charge is -2.02. The number of ether oxygens (including phenoxy) is 1. The third-order valence-corrected chi connectivity index (χ3v) is 2.45. The summed E-state index contributed by atoms with van der Waals surface area (Å²) >= 11 is 0. The molecule has 2 rings (SSSR count). The van der Waals surface area contributed by atoms with Crippen molar-refractivity contribution < 1.29 is 9.53 Å². The van der Waals surface area contributed by atoms with Gasteiger partial charge in [0.05, 0.1) is 24.4 Å². The Bertz CT molecular complexity index is 517. The minimum atomic E-state index is -0.212. The largest absolute Gasteiger partial charge is 0.466 e. The van der Waals surface area contributed by atoms with Crippen molar-refractivity contribution in [2.24, 2.45) is 0 Å². The van der Waals surface area contributed by atoms with E-state index in [-0.39, 0.29) is 12.4 Å². The molecule has 0 aliphatic carbocycles. The summed E-state index contributed by atoms with van der Waals surface area (Å²) in [6, 6.07) is 5.76. The van der Waals surface area contributed by atoms with Crippen molar-refractivity contribution in [1.29, 1.82) is 0 Å². The average Bonchev–Trinajstić information content (AvgIpc) is 2.69. The summed E-state index contributed by atoms with van der Waals surface area (Å²) in [4.78, 5) is 15.8. The van der Waals surface area contributed by atoms with E-state index in [0.29, 0.717) is 6.61 Å². The van der Waals surface area contributed by atoms with Gasteiger partial charge in [-0.15, -0.1) is 0 Å². The maximum Gasteiger partial charge on any atom is 0.311 e. The molecule has 0 spiro atoms. The van der Waals surface area contributed by atoms with Crippen molar-refractivity contribution in [2.75, 3.05) is 6.61 Å². The van der Waals surface area contributed by atoms with E-state index in [0.717, 1.165) is 17.0 Å². The molecule has 0 saturated carbocycles. The van der Waals surface area contributed by atoms with Crippen LogP contribution in [0.25, 0.3) is 5.65 Å². The second-order valence-corrected chi connectivity index (χ2v) is 3.55. The highest BCUT2D eigenvalue weighted by Gasteiger charge is 2.12. The lowest BCUT2D eigenvalue weighted by Crippen LogP contribution is -2.10. The van der Waals surface area contributed by atoms with Gasteiger partial charge in [-0.25, -0.2) is 4.98 Å². The Kier molecular flexibility index (Phi) is 5.36. The number of aryl methyl sites for hydroxylation is 1. The molecule has 0 bridgehead atoms.